The molecule has 3 nitrogen and oxygen atoms in total. The summed E-state index contributed by atoms with van der Waals surface area (Å²) in [7, 11) is 0. The number of nitrogens with zero attached hydrogens (tertiary/aromatic N) is 3. The van der Waals surface area contributed by atoms with Crippen molar-refractivity contribution >= 4 is 0 Å². The summed E-state index contributed by atoms with van der Waals surface area (Å²) in [5.74, 6) is 0.460. The minimum Gasteiger partial charge on any atom is -0.262 e. The summed E-state index contributed by atoms with van der Waals surface area (Å²) in [4.78, 5) is 4.21. The monoisotopic (exact) mass is 215 g/mol. The summed E-state index contributed by atoms with van der Waals surface area (Å²) in [5, 5.41) is 4.52. The van der Waals surface area contributed by atoms with E-state index in [-0.39, 0.29) is 0 Å². The highest BCUT2D eigenvalue weighted by atomic mass is 15.3. The van der Waals surface area contributed by atoms with E-state index < -0.39 is 0 Å². The molecule has 0 unspecified atom stereocenters. The number of pyridine rings is 1. The molecule has 0 N–H and O–H groups in total. The van der Waals surface area contributed by atoms with Crippen molar-refractivity contribution in [2.75, 3.05) is 0 Å². The first-order chi connectivity index (χ1) is 7.58. The van der Waals surface area contributed by atoms with E-state index in [0.29, 0.717) is 5.92 Å². The summed E-state index contributed by atoms with van der Waals surface area (Å²) < 4.78 is 1.99. The standard InChI is InChI=1S/C13H17N3/c1-9(2)13-6-11(4)15-16(13)12-5-10(3)7-14-8-12/h5-9H,1-4H3. The molecule has 0 saturated carbocycles. The molecule has 0 bridgehead atoms. The molecule has 0 amide bonds. The zero-order chi connectivity index (χ0) is 11.7. The molecule has 0 aliphatic heterocycles. The van der Waals surface area contributed by atoms with E-state index in [4.69, 9.17) is 0 Å². The molecule has 2 heterocycles. The Morgan fingerprint density at radius 3 is 2.50 bits per heavy atom. The zero-order valence-electron chi connectivity index (χ0n) is 10.2. The summed E-state index contributed by atoms with van der Waals surface area (Å²) in [6, 6.07) is 4.23. The summed E-state index contributed by atoms with van der Waals surface area (Å²) in [5.41, 5.74) is 4.47. The molecule has 0 radical (unpaired) electrons. The third-order valence-corrected chi connectivity index (χ3v) is 2.56. The van der Waals surface area contributed by atoms with E-state index in [2.05, 4.69) is 36.1 Å². The van der Waals surface area contributed by atoms with Gasteiger partial charge in [-0.2, -0.15) is 5.10 Å². The van der Waals surface area contributed by atoms with Gasteiger partial charge in [-0.15, -0.1) is 0 Å². The molecule has 16 heavy (non-hydrogen) atoms. The third-order valence-electron chi connectivity index (χ3n) is 2.56. The first-order valence-corrected chi connectivity index (χ1v) is 5.56. The average molecular weight is 215 g/mol. The average Bonchev–Trinajstić information content (AvgIpc) is 2.60. The third kappa shape index (κ3) is 1.98. The predicted molar refractivity (Wildman–Crippen MR) is 64.9 cm³/mol. The second-order valence-electron chi connectivity index (χ2n) is 4.50. The second kappa shape index (κ2) is 4.08. The van der Waals surface area contributed by atoms with Crippen LogP contribution in [0.1, 0.15) is 36.7 Å². The number of hydrogen-bond donors (Lipinski definition) is 0. The summed E-state index contributed by atoms with van der Waals surface area (Å²) in [6.45, 7) is 8.42. The lowest BCUT2D eigenvalue weighted by Gasteiger charge is -2.09. The van der Waals surface area contributed by atoms with Crippen LogP contribution in [-0.2, 0) is 0 Å². The Morgan fingerprint density at radius 1 is 1.12 bits per heavy atom. The number of aromatic nitrogens is 3. The van der Waals surface area contributed by atoms with Gasteiger partial charge in [0, 0.05) is 11.9 Å². The van der Waals surface area contributed by atoms with Crippen LogP contribution < -0.4 is 0 Å². The topological polar surface area (TPSA) is 30.7 Å². The number of rotatable bonds is 2. The molecule has 0 aliphatic carbocycles. The highest BCUT2D eigenvalue weighted by Crippen LogP contribution is 2.19. The van der Waals surface area contributed by atoms with Crippen LogP contribution in [-0.4, -0.2) is 14.8 Å². The van der Waals surface area contributed by atoms with E-state index in [9.17, 15) is 0 Å². The van der Waals surface area contributed by atoms with Crippen molar-refractivity contribution in [2.45, 2.75) is 33.6 Å². The van der Waals surface area contributed by atoms with Gasteiger partial charge in [0.25, 0.3) is 0 Å². The van der Waals surface area contributed by atoms with Crippen molar-refractivity contribution in [3.05, 3.63) is 41.5 Å². The second-order valence-corrected chi connectivity index (χ2v) is 4.50. The Bertz CT molecular complexity index is 498. The fraction of sp³-hybridized carbons (Fsp3) is 0.385. The first-order valence-electron chi connectivity index (χ1n) is 5.56. The zero-order valence-corrected chi connectivity index (χ0v) is 10.2. The smallest absolute Gasteiger partial charge is 0.0834 e. The Morgan fingerprint density at radius 2 is 1.88 bits per heavy atom. The van der Waals surface area contributed by atoms with Crippen LogP contribution in [0.15, 0.2) is 24.5 Å². The highest BCUT2D eigenvalue weighted by molar-refractivity contribution is 5.34. The Hall–Kier alpha value is -1.64. The molecule has 84 valence electrons. The van der Waals surface area contributed by atoms with Gasteiger partial charge in [0.2, 0.25) is 0 Å². The lowest BCUT2D eigenvalue weighted by atomic mass is 10.1. The molecule has 2 aromatic heterocycles. The van der Waals surface area contributed by atoms with E-state index in [0.717, 1.165) is 16.9 Å². The Balaban J connectivity index is 2.55. The van der Waals surface area contributed by atoms with Crippen LogP contribution in [0.25, 0.3) is 5.69 Å². The fourth-order valence-corrected chi connectivity index (χ4v) is 1.79. The largest absolute Gasteiger partial charge is 0.262 e. The van der Waals surface area contributed by atoms with Gasteiger partial charge in [-0.3, -0.25) is 4.98 Å². The molecule has 0 aliphatic rings. The lowest BCUT2D eigenvalue weighted by molar-refractivity contribution is 0.728. The van der Waals surface area contributed by atoms with Gasteiger partial charge < -0.3 is 0 Å². The van der Waals surface area contributed by atoms with Gasteiger partial charge in [-0.05, 0) is 37.5 Å². The van der Waals surface area contributed by atoms with Gasteiger partial charge in [0.15, 0.2) is 0 Å². The van der Waals surface area contributed by atoms with Crippen LogP contribution in [0, 0.1) is 13.8 Å². The summed E-state index contributed by atoms with van der Waals surface area (Å²) >= 11 is 0. The SMILES string of the molecule is Cc1cncc(-n2nc(C)cc2C(C)C)c1. The van der Waals surface area contributed by atoms with Gasteiger partial charge in [0.05, 0.1) is 17.6 Å². The fourth-order valence-electron chi connectivity index (χ4n) is 1.79. The van der Waals surface area contributed by atoms with Crippen molar-refractivity contribution in [1.29, 1.82) is 0 Å². The van der Waals surface area contributed by atoms with E-state index >= 15 is 0 Å². The minimum absolute atomic E-state index is 0.460. The van der Waals surface area contributed by atoms with E-state index in [1.807, 2.05) is 30.9 Å². The summed E-state index contributed by atoms with van der Waals surface area (Å²) in [6.07, 6.45) is 3.71. The van der Waals surface area contributed by atoms with Crippen molar-refractivity contribution in [1.82, 2.24) is 14.8 Å². The quantitative estimate of drug-likeness (QED) is 0.771. The number of aryl methyl sites for hydroxylation is 2. The van der Waals surface area contributed by atoms with Crippen LogP contribution in [0.4, 0.5) is 0 Å². The maximum atomic E-state index is 4.52. The lowest BCUT2D eigenvalue weighted by Crippen LogP contribution is -2.04. The van der Waals surface area contributed by atoms with Crippen LogP contribution in [0.2, 0.25) is 0 Å². The maximum Gasteiger partial charge on any atom is 0.0834 e. The molecular weight excluding hydrogens is 198 g/mol. The molecule has 0 spiro atoms. The van der Waals surface area contributed by atoms with Gasteiger partial charge >= 0.3 is 0 Å². The van der Waals surface area contributed by atoms with Gasteiger partial charge in [0.1, 0.15) is 0 Å². The van der Waals surface area contributed by atoms with Crippen LogP contribution >= 0.6 is 0 Å². The van der Waals surface area contributed by atoms with Crippen molar-refractivity contribution in [3.8, 4) is 5.69 Å². The molecule has 0 atom stereocenters. The molecule has 0 aromatic carbocycles. The number of hydrogen-bond acceptors (Lipinski definition) is 2. The van der Waals surface area contributed by atoms with E-state index in [1.54, 1.807) is 0 Å². The van der Waals surface area contributed by atoms with Crippen molar-refractivity contribution in [2.24, 2.45) is 0 Å². The minimum atomic E-state index is 0.460. The Kier molecular flexibility index (Phi) is 2.77. The molecule has 2 aromatic rings. The van der Waals surface area contributed by atoms with Crippen LogP contribution in [0.5, 0.6) is 0 Å². The predicted octanol–water partition coefficient (Wildman–Crippen LogP) is 3.01. The highest BCUT2D eigenvalue weighted by Gasteiger charge is 2.10. The van der Waals surface area contributed by atoms with Crippen molar-refractivity contribution in [3.63, 3.8) is 0 Å². The normalized spacial score (nSPS) is 11.1. The molecular formula is C13H17N3. The van der Waals surface area contributed by atoms with Crippen LogP contribution in [0.3, 0.4) is 0 Å². The first kappa shape index (κ1) is 10.9. The van der Waals surface area contributed by atoms with Crippen molar-refractivity contribution < 1.29 is 0 Å². The maximum absolute atomic E-state index is 4.52. The molecule has 2 rings (SSSR count). The van der Waals surface area contributed by atoms with Gasteiger partial charge in [-0.1, -0.05) is 13.8 Å². The molecule has 0 saturated heterocycles. The molecule has 3 heteroatoms. The molecule has 0 fully saturated rings. The van der Waals surface area contributed by atoms with E-state index in [1.165, 1.54) is 5.69 Å². The Labute approximate surface area is 96.1 Å². The van der Waals surface area contributed by atoms with Gasteiger partial charge in [-0.25, -0.2) is 4.68 Å².